The summed E-state index contributed by atoms with van der Waals surface area (Å²) in [5, 5.41) is 12.8. The molecule has 0 radical (unpaired) electrons. The van der Waals surface area contributed by atoms with Crippen molar-refractivity contribution in [3.63, 3.8) is 0 Å². The fraction of sp³-hybridized carbons (Fsp3) is 0.526. The Bertz CT molecular complexity index is 917. The Hall–Kier alpha value is -3.06. The number of aliphatic carboxylic acids is 1. The molecule has 1 atom stereocenters. The van der Waals surface area contributed by atoms with Gasteiger partial charge in [0, 0.05) is 57.4 Å². The van der Waals surface area contributed by atoms with Crippen molar-refractivity contribution in [2.75, 3.05) is 26.2 Å². The van der Waals surface area contributed by atoms with Gasteiger partial charge in [-0.05, 0) is 18.1 Å². The third kappa shape index (κ3) is 5.59. The van der Waals surface area contributed by atoms with Crippen molar-refractivity contribution in [2.45, 2.75) is 38.1 Å². The number of piperazine rings is 1. The Morgan fingerprint density at radius 3 is 2.47 bits per heavy atom. The van der Waals surface area contributed by atoms with E-state index in [2.05, 4.69) is 20.5 Å². The number of aromatic nitrogens is 1. The van der Waals surface area contributed by atoms with Crippen LogP contribution in [0.25, 0.3) is 0 Å². The maximum atomic E-state index is 12.6. The molecule has 2 fully saturated rings. The fourth-order valence-corrected chi connectivity index (χ4v) is 3.71. The molecule has 3 aliphatic heterocycles. The van der Waals surface area contributed by atoms with Gasteiger partial charge in [-0.25, -0.2) is 4.79 Å². The van der Waals surface area contributed by atoms with Crippen molar-refractivity contribution < 1.29 is 37.5 Å². The van der Waals surface area contributed by atoms with Crippen molar-refractivity contribution in [2.24, 2.45) is 0 Å². The van der Waals surface area contributed by atoms with Crippen LogP contribution in [-0.4, -0.2) is 82.0 Å². The molecule has 3 N–H and O–H groups in total. The number of nitrogens with zero attached hydrogens (tertiary/aromatic N) is 3. The number of rotatable bonds is 3. The maximum Gasteiger partial charge on any atom is 0.490 e. The number of halogens is 3. The molecular formula is C19H22F3N5O5. The van der Waals surface area contributed by atoms with Gasteiger partial charge in [-0.2, -0.15) is 13.2 Å². The van der Waals surface area contributed by atoms with Gasteiger partial charge in [-0.3, -0.25) is 29.6 Å². The number of piperidine rings is 1. The number of imide groups is 1. The highest BCUT2D eigenvalue weighted by Gasteiger charge is 2.40. The Balaban J connectivity index is 0.000000360. The molecular weight excluding hydrogens is 435 g/mol. The smallest absolute Gasteiger partial charge is 0.475 e. The second-order valence-electron chi connectivity index (χ2n) is 7.58. The van der Waals surface area contributed by atoms with Crippen molar-refractivity contribution in [1.82, 2.24) is 25.4 Å². The first kappa shape index (κ1) is 23.6. The number of nitrogens with one attached hydrogen (secondary N) is 2. The van der Waals surface area contributed by atoms with E-state index in [1.54, 1.807) is 6.20 Å². The Kier molecular flexibility index (Phi) is 7.09. The second kappa shape index (κ2) is 9.61. The highest BCUT2D eigenvalue weighted by molar-refractivity contribution is 6.04. The van der Waals surface area contributed by atoms with Crippen LogP contribution in [0, 0.1) is 0 Å². The van der Waals surface area contributed by atoms with Crippen LogP contribution in [0.15, 0.2) is 12.3 Å². The zero-order valence-electron chi connectivity index (χ0n) is 16.9. The third-order valence-electron chi connectivity index (χ3n) is 5.27. The number of pyridine rings is 1. The molecule has 0 aromatic carbocycles. The topological polar surface area (TPSA) is 132 Å². The molecule has 1 aromatic rings. The van der Waals surface area contributed by atoms with Gasteiger partial charge < -0.3 is 15.3 Å². The summed E-state index contributed by atoms with van der Waals surface area (Å²) >= 11 is 0. The zero-order valence-corrected chi connectivity index (χ0v) is 16.9. The van der Waals surface area contributed by atoms with Crippen LogP contribution in [0.5, 0.6) is 0 Å². The average Bonchev–Trinajstić information content (AvgIpc) is 3.04. The largest absolute Gasteiger partial charge is 0.490 e. The first-order valence-corrected chi connectivity index (χ1v) is 9.92. The van der Waals surface area contributed by atoms with E-state index in [1.807, 2.05) is 6.07 Å². The fourth-order valence-electron chi connectivity index (χ4n) is 3.71. The number of alkyl halides is 3. The summed E-state index contributed by atoms with van der Waals surface area (Å²) in [7, 11) is 0. The number of amides is 3. The van der Waals surface area contributed by atoms with Crippen LogP contribution in [0.4, 0.5) is 13.2 Å². The van der Waals surface area contributed by atoms with Gasteiger partial charge >= 0.3 is 12.1 Å². The van der Waals surface area contributed by atoms with Crippen molar-refractivity contribution in [3.8, 4) is 0 Å². The van der Waals surface area contributed by atoms with E-state index in [4.69, 9.17) is 9.90 Å². The van der Waals surface area contributed by atoms with Crippen molar-refractivity contribution >= 4 is 23.7 Å². The van der Waals surface area contributed by atoms with Crippen LogP contribution < -0.4 is 10.6 Å². The van der Waals surface area contributed by atoms with E-state index in [9.17, 15) is 27.6 Å². The predicted molar refractivity (Wildman–Crippen MR) is 102 cm³/mol. The molecule has 1 aromatic heterocycles. The van der Waals surface area contributed by atoms with Crippen LogP contribution >= 0.6 is 0 Å². The van der Waals surface area contributed by atoms with Gasteiger partial charge in [0.25, 0.3) is 5.91 Å². The van der Waals surface area contributed by atoms with Crippen molar-refractivity contribution in [3.05, 3.63) is 29.1 Å². The minimum absolute atomic E-state index is 0.224. The lowest BCUT2D eigenvalue weighted by Gasteiger charge is -2.29. The minimum atomic E-state index is -5.08. The minimum Gasteiger partial charge on any atom is -0.475 e. The first-order chi connectivity index (χ1) is 15.1. The standard InChI is InChI=1S/C17H21N5O3.C2HF3O2/c23-14-2-1-13(16(24)20-14)22-10-12-7-11(8-19-15(12)17(22)25)9-21-5-3-18-4-6-21;3-2(4,5)1(6)7/h7-8,13,18H,1-6,9-10H2,(H,20,23,24);(H,6,7). The van der Waals surface area contributed by atoms with E-state index >= 15 is 0 Å². The van der Waals surface area contributed by atoms with E-state index in [0.29, 0.717) is 18.7 Å². The van der Waals surface area contributed by atoms with Crippen LogP contribution in [0.1, 0.15) is 34.5 Å². The summed E-state index contributed by atoms with van der Waals surface area (Å²) in [4.78, 5) is 53.1. The summed E-state index contributed by atoms with van der Waals surface area (Å²) in [6, 6.07) is 1.43. The van der Waals surface area contributed by atoms with Crippen LogP contribution in [-0.2, 0) is 27.5 Å². The Morgan fingerprint density at radius 1 is 1.22 bits per heavy atom. The van der Waals surface area contributed by atoms with Crippen LogP contribution in [0.2, 0.25) is 0 Å². The first-order valence-electron chi connectivity index (χ1n) is 9.92. The van der Waals surface area contributed by atoms with E-state index < -0.39 is 24.1 Å². The molecule has 174 valence electrons. The zero-order chi connectivity index (χ0) is 23.5. The molecule has 3 aliphatic rings. The number of carbonyl (C=O) groups excluding carboxylic acids is 3. The van der Waals surface area contributed by atoms with E-state index in [0.717, 1.165) is 43.9 Å². The number of carboxylic acids is 1. The highest BCUT2D eigenvalue weighted by Crippen LogP contribution is 2.27. The van der Waals surface area contributed by atoms with Crippen molar-refractivity contribution in [1.29, 1.82) is 0 Å². The van der Waals surface area contributed by atoms with Gasteiger partial charge in [0.05, 0.1) is 0 Å². The molecule has 0 aliphatic carbocycles. The normalized spacial score (nSPS) is 21.5. The quantitative estimate of drug-likeness (QED) is 0.536. The molecule has 32 heavy (non-hydrogen) atoms. The lowest BCUT2D eigenvalue weighted by molar-refractivity contribution is -0.192. The second-order valence-corrected chi connectivity index (χ2v) is 7.58. The van der Waals surface area contributed by atoms with E-state index in [-0.39, 0.29) is 18.2 Å². The third-order valence-corrected chi connectivity index (χ3v) is 5.27. The highest BCUT2D eigenvalue weighted by atomic mass is 19.4. The molecule has 13 heteroatoms. The van der Waals surface area contributed by atoms with Gasteiger partial charge in [0.2, 0.25) is 11.8 Å². The monoisotopic (exact) mass is 457 g/mol. The molecule has 2 saturated heterocycles. The average molecular weight is 457 g/mol. The molecule has 1 unspecified atom stereocenters. The molecule has 4 rings (SSSR count). The maximum absolute atomic E-state index is 12.6. The molecule has 0 spiro atoms. The molecule has 4 heterocycles. The predicted octanol–water partition coefficient (Wildman–Crippen LogP) is -0.119. The molecule has 10 nitrogen and oxygen atoms in total. The molecule has 0 bridgehead atoms. The SMILES string of the molecule is O=C(O)C(F)(F)F.O=C1CCC(N2Cc3cc(CN4CCNCC4)cnc3C2=O)C(=O)N1. The lowest BCUT2D eigenvalue weighted by Crippen LogP contribution is -2.52. The number of fused-ring (bicyclic) bond motifs is 1. The number of hydrogen-bond acceptors (Lipinski definition) is 7. The van der Waals surface area contributed by atoms with Crippen LogP contribution in [0.3, 0.4) is 0 Å². The van der Waals surface area contributed by atoms with Gasteiger partial charge in [-0.1, -0.05) is 0 Å². The van der Waals surface area contributed by atoms with E-state index in [1.165, 1.54) is 4.90 Å². The lowest BCUT2D eigenvalue weighted by atomic mass is 10.0. The van der Waals surface area contributed by atoms with Gasteiger partial charge in [0.1, 0.15) is 11.7 Å². The number of hydrogen-bond donors (Lipinski definition) is 3. The molecule has 0 saturated carbocycles. The summed E-state index contributed by atoms with van der Waals surface area (Å²) in [5.41, 5.74) is 2.37. The van der Waals surface area contributed by atoms with Gasteiger partial charge in [-0.15, -0.1) is 0 Å². The molecule has 3 amide bonds. The summed E-state index contributed by atoms with van der Waals surface area (Å²) in [6.45, 7) is 5.16. The number of carboxylic acid groups (broad SMARTS) is 1. The Labute approximate surface area is 180 Å². The summed E-state index contributed by atoms with van der Waals surface area (Å²) in [6.07, 6.45) is -2.69. The Morgan fingerprint density at radius 2 is 1.88 bits per heavy atom. The number of carbonyl (C=O) groups is 4. The summed E-state index contributed by atoms with van der Waals surface area (Å²) < 4.78 is 31.7. The summed E-state index contributed by atoms with van der Waals surface area (Å²) in [5.74, 6) is -3.65. The van der Waals surface area contributed by atoms with Gasteiger partial charge in [0.15, 0.2) is 0 Å².